The van der Waals surface area contributed by atoms with E-state index in [1.807, 2.05) is 32.2 Å². The Bertz CT molecular complexity index is 625. The molecule has 1 aliphatic rings. The van der Waals surface area contributed by atoms with Crippen molar-refractivity contribution in [1.82, 2.24) is 4.57 Å². The zero-order chi connectivity index (χ0) is 12.7. The monoisotopic (exact) mass is 243 g/mol. The summed E-state index contributed by atoms with van der Waals surface area (Å²) in [6.07, 6.45) is 2.63. The van der Waals surface area contributed by atoms with Gasteiger partial charge in [-0.25, -0.2) is 0 Å². The van der Waals surface area contributed by atoms with Gasteiger partial charge in [0.05, 0.1) is 6.61 Å². The van der Waals surface area contributed by atoms with E-state index in [-0.39, 0.29) is 5.78 Å². The molecule has 2 aromatic rings. The molecule has 0 bridgehead atoms. The number of carbonyl (C=O) groups excluding carboxylic acids is 1. The first kappa shape index (κ1) is 11.3. The van der Waals surface area contributed by atoms with Crippen molar-refractivity contribution < 1.29 is 9.53 Å². The molecule has 1 heterocycles. The van der Waals surface area contributed by atoms with Crippen LogP contribution in [0.15, 0.2) is 18.2 Å². The second-order valence-electron chi connectivity index (χ2n) is 4.77. The van der Waals surface area contributed by atoms with Crippen LogP contribution in [0.4, 0.5) is 0 Å². The molecule has 1 aliphatic carbocycles. The summed E-state index contributed by atoms with van der Waals surface area (Å²) in [5.74, 6) is 1.12. The van der Waals surface area contributed by atoms with Crippen LogP contribution in [0.2, 0.25) is 0 Å². The van der Waals surface area contributed by atoms with E-state index < -0.39 is 0 Å². The van der Waals surface area contributed by atoms with Crippen molar-refractivity contribution in [2.24, 2.45) is 7.05 Å². The van der Waals surface area contributed by atoms with Gasteiger partial charge in [0.25, 0.3) is 0 Å². The quantitative estimate of drug-likeness (QED) is 0.811. The van der Waals surface area contributed by atoms with Gasteiger partial charge in [0.15, 0.2) is 5.78 Å². The number of aryl methyl sites for hydroxylation is 1. The highest BCUT2D eigenvalue weighted by molar-refractivity contribution is 6.10. The number of Topliss-reactive ketones (excluding diaryl/α,β-unsaturated/α-hetero) is 1. The summed E-state index contributed by atoms with van der Waals surface area (Å²) in [5.41, 5.74) is 3.22. The SMILES string of the molecule is CCOc1ccc2c(c1)c1c(n2C)CCCC1=O. The fourth-order valence-corrected chi connectivity index (χ4v) is 2.88. The summed E-state index contributed by atoms with van der Waals surface area (Å²) in [4.78, 5) is 12.1. The fourth-order valence-electron chi connectivity index (χ4n) is 2.88. The maximum absolute atomic E-state index is 12.1. The van der Waals surface area contributed by atoms with Gasteiger partial charge in [-0.1, -0.05) is 0 Å². The lowest BCUT2D eigenvalue weighted by Crippen LogP contribution is -2.11. The normalized spacial score (nSPS) is 14.9. The van der Waals surface area contributed by atoms with E-state index in [2.05, 4.69) is 4.57 Å². The zero-order valence-electron chi connectivity index (χ0n) is 10.8. The Balaban J connectivity index is 2.27. The van der Waals surface area contributed by atoms with Crippen molar-refractivity contribution in [2.75, 3.05) is 6.61 Å². The van der Waals surface area contributed by atoms with Gasteiger partial charge in [0.1, 0.15) is 5.75 Å². The first-order valence-corrected chi connectivity index (χ1v) is 6.49. The molecule has 1 aromatic heterocycles. The van der Waals surface area contributed by atoms with Crippen LogP contribution in [0.25, 0.3) is 10.9 Å². The lowest BCUT2D eigenvalue weighted by molar-refractivity contribution is 0.0973. The van der Waals surface area contributed by atoms with E-state index in [0.717, 1.165) is 35.1 Å². The number of benzene rings is 1. The molecule has 1 aromatic carbocycles. The van der Waals surface area contributed by atoms with Crippen LogP contribution in [0.1, 0.15) is 35.8 Å². The number of nitrogens with zero attached hydrogens (tertiary/aromatic N) is 1. The van der Waals surface area contributed by atoms with Gasteiger partial charge >= 0.3 is 0 Å². The molecular formula is C15H17NO2. The van der Waals surface area contributed by atoms with E-state index in [4.69, 9.17) is 4.74 Å². The Kier molecular flexibility index (Phi) is 2.62. The molecule has 3 nitrogen and oxygen atoms in total. The van der Waals surface area contributed by atoms with Gasteiger partial charge in [-0.2, -0.15) is 0 Å². The molecule has 18 heavy (non-hydrogen) atoms. The molecule has 0 radical (unpaired) electrons. The van der Waals surface area contributed by atoms with Crippen LogP contribution in [-0.2, 0) is 13.5 Å². The number of ether oxygens (including phenoxy) is 1. The van der Waals surface area contributed by atoms with Gasteiger partial charge in [-0.3, -0.25) is 4.79 Å². The Morgan fingerprint density at radius 3 is 2.94 bits per heavy atom. The van der Waals surface area contributed by atoms with E-state index in [9.17, 15) is 4.79 Å². The minimum absolute atomic E-state index is 0.274. The molecule has 0 saturated carbocycles. The standard InChI is InChI=1S/C15H17NO2/c1-3-18-10-7-8-12-11(9-10)15-13(16(12)2)5-4-6-14(15)17/h7-9H,3-6H2,1-2H3. The summed E-state index contributed by atoms with van der Waals surface area (Å²) >= 11 is 0. The average Bonchev–Trinajstić information content (AvgIpc) is 2.65. The van der Waals surface area contributed by atoms with Crippen molar-refractivity contribution in [2.45, 2.75) is 26.2 Å². The molecule has 0 atom stereocenters. The lowest BCUT2D eigenvalue weighted by Gasteiger charge is -2.12. The van der Waals surface area contributed by atoms with E-state index >= 15 is 0 Å². The summed E-state index contributed by atoms with van der Waals surface area (Å²) < 4.78 is 7.68. The van der Waals surface area contributed by atoms with Gasteiger partial charge in [-0.05, 0) is 38.0 Å². The fraction of sp³-hybridized carbons (Fsp3) is 0.400. The maximum atomic E-state index is 12.1. The first-order valence-electron chi connectivity index (χ1n) is 6.49. The number of ketones is 1. The number of hydrogen-bond acceptors (Lipinski definition) is 2. The molecule has 3 rings (SSSR count). The topological polar surface area (TPSA) is 31.2 Å². The van der Waals surface area contributed by atoms with Crippen molar-refractivity contribution in [3.05, 3.63) is 29.5 Å². The molecule has 0 spiro atoms. The minimum atomic E-state index is 0.274. The van der Waals surface area contributed by atoms with Crippen molar-refractivity contribution in [3.8, 4) is 5.75 Å². The third-order valence-electron chi connectivity index (χ3n) is 3.70. The Morgan fingerprint density at radius 2 is 2.17 bits per heavy atom. The summed E-state index contributed by atoms with van der Waals surface area (Å²) in [5, 5.41) is 1.04. The lowest BCUT2D eigenvalue weighted by atomic mass is 9.94. The molecule has 0 unspecified atom stereocenters. The van der Waals surface area contributed by atoms with Gasteiger partial charge in [-0.15, -0.1) is 0 Å². The molecule has 0 saturated heterocycles. The molecule has 0 aliphatic heterocycles. The van der Waals surface area contributed by atoms with Crippen LogP contribution in [0.5, 0.6) is 5.75 Å². The molecule has 0 amide bonds. The molecule has 3 heteroatoms. The molecular weight excluding hydrogens is 226 g/mol. The molecule has 0 fully saturated rings. The van der Waals surface area contributed by atoms with Gasteiger partial charge in [0.2, 0.25) is 0 Å². The number of aromatic nitrogens is 1. The van der Waals surface area contributed by atoms with Gasteiger partial charge in [0, 0.05) is 35.6 Å². The number of hydrogen-bond donors (Lipinski definition) is 0. The molecule has 0 N–H and O–H groups in total. The maximum Gasteiger partial charge on any atom is 0.165 e. The second-order valence-corrected chi connectivity index (χ2v) is 4.77. The summed E-state index contributed by atoms with van der Waals surface area (Å²) in [6.45, 7) is 2.62. The molecule has 94 valence electrons. The number of fused-ring (bicyclic) bond motifs is 3. The number of carbonyl (C=O) groups is 1. The third-order valence-corrected chi connectivity index (χ3v) is 3.70. The van der Waals surface area contributed by atoms with Crippen molar-refractivity contribution in [1.29, 1.82) is 0 Å². The van der Waals surface area contributed by atoms with E-state index in [1.54, 1.807) is 0 Å². The van der Waals surface area contributed by atoms with Crippen LogP contribution < -0.4 is 4.74 Å². The summed E-state index contributed by atoms with van der Waals surface area (Å²) in [6, 6.07) is 6.02. The van der Waals surface area contributed by atoms with Crippen LogP contribution in [0, 0.1) is 0 Å². The van der Waals surface area contributed by atoms with E-state index in [0.29, 0.717) is 13.0 Å². The highest BCUT2D eigenvalue weighted by Gasteiger charge is 2.24. The number of rotatable bonds is 2. The minimum Gasteiger partial charge on any atom is -0.494 e. The van der Waals surface area contributed by atoms with Crippen molar-refractivity contribution >= 4 is 16.7 Å². The third kappa shape index (κ3) is 1.54. The smallest absolute Gasteiger partial charge is 0.165 e. The Hall–Kier alpha value is -1.77. The average molecular weight is 243 g/mol. The largest absolute Gasteiger partial charge is 0.494 e. The highest BCUT2D eigenvalue weighted by atomic mass is 16.5. The van der Waals surface area contributed by atoms with Crippen LogP contribution >= 0.6 is 0 Å². The Morgan fingerprint density at radius 1 is 1.33 bits per heavy atom. The van der Waals surface area contributed by atoms with E-state index in [1.165, 1.54) is 5.69 Å². The van der Waals surface area contributed by atoms with Crippen LogP contribution in [0.3, 0.4) is 0 Å². The predicted molar refractivity (Wildman–Crippen MR) is 71.4 cm³/mol. The van der Waals surface area contributed by atoms with Crippen molar-refractivity contribution in [3.63, 3.8) is 0 Å². The van der Waals surface area contributed by atoms with Gasteiger partial charge < -0.3 is 9.30 Å². The predicted octanol–water partition coefficient (Wildman–Crippen LogP) is 3.10. The first-order chi connectivity index (χ1) is 8.72. The second kappa shape index (κ2) is 4.16. The highest BCUT2D eigenvalue weighted by Crippen LogP contribution is 2.33. The summed E-state index contributed by atoms with van der Waals surface area (Å²) in [7, 11) is 2.04. The van der Waals surface area contributed by atoms with Crippen LogP contribution in [-0.4, -0.2) is 17.0 Å². The Labute approximate surface area is 106 Å². The zero-order valence-corrected chi connectivity index (χ0v) is 10.8.